The number of nitrogens with one attached hydrogen (secondary N) is 1. The number of hydrogen-bond acceptors (Lipinski definition) is 2. The third-order valence-corrected chi connectivity index (χ3v) is 4.76. The molecule has 0 unspecified atom stereocenters. The quantitative estimate of drug-likeness (QED) is 0.750. The van der Waals surface area contributed by atoms with Gasteiger partial charge in [0, 0.05) is 5.69 Å². The summed E-state index contributed by atoms with van der Waals surface area (Å²) in [5.41, 5.74) is 3.58. The van der Waals surface area contributed by atoms with Gasteiger partial charge >= 0.3 is 0 Å². The summed E-state index contributed by atoms with van der Waals surface area (Å²) in [6.07, 6.45) is 4.56. The summed E-state index contributed by atoms with van der Waals surface area (Å²) in [6, 6.07) is 20.2. The van der Waals surface area contributed by atoms with Crippen molar-refractivity contribution in [2.75, 3.05) is 11.9 Å². The summed E-state index contributed by atoms with van der Waals surface area (Å²) in [5, 5.41) is 5.28. The zero-order valence-corrected chi connectivity index (χ0v) is 14.1. The lowest BCUT2D eigenvalue weighted by molar-refractivity contribution is -0.118. The van der Waals surface area contributed by atoms with Crippen molar-refractivity contribution in [3.63, 3.8) is 0 Å². The van der Waals surface area contributed by atoms with Gasteiger partial charge in [-0.1, -0.05) is 42.5 Å². The minimum atomic E-state index is -0.118. The van der Waals surface area contributed by atoms with Crippen LogP contribution in [0.3, 0.4) is 0 Å². The van der Waals surface area contributed by atoms with E-state index in [1.54, 1.807) is 0 Å². The van der Waals surface area contributed by atoms with Gasteiger partial charge < -0.3 is 10.1 Å². The second-order valence-corrected chi connectivity index (χ2v) is 6.50. The van der Waals surface area contributed by atoms with E-state index in [0.717, 1.165) is 29.3 Å². The van der Waals surface area contributed by atoms with Gasteiger partial charge in [0.2, 0.25) is 0 Å². The lowest BCUT2D eigenvalue weighted by atomic mass is 9.90. The SMILES string of the molecule is O=C(COc1ccc2ccccc2c1)Nc1cccc2c1CCCC2. The normalized spacial score (nSPS) is 13.3. The highest BCUT2D eigenvalue weighted by molar-refractivity contribution is 5.93. The highest BCUT2D eigenvalue weighted by Gasteiger charge is 2.14. The molecule has 1 amide bonds. The third kappa shape index (κ3) is 3.50. The number of carbonyl (C=O) groups excluding carboxylic acids is 1. The van der Waals surface area contributed by atoms with Crippen LogP contribution in [0.15, 0.2) is 60.7 Å². The number of fused-ring (bicyclic) bond motifs is 2. The fraction of sp³-hybridized carbons (Fsp3) is 0.227. The van der Waals surface area contributed by atoms with Crippen LogP contribution < -0.4 is 10.1 Å². The maximum absolute atomic E-state index is 12.3. The van der Waals surface area contributed by atoms with E-state index in [2.05, 4.69) is 17.4 Å². The Kier molecular flexibility index (Phi) is 4.38. The first-order valence-electron chi connectivity index (χ1n) is 8.82. The number of ether oxygens (including phenoxy) is 1. The first-order chi connectivity index (χ1) is 12.3. The molecule has 0 radical (unpaired) electrons. The molecule has 3 nitrogen and oxygen atoms in total. The molecule has 1 aliphatic rings. The van der Waals surface area contributed by atoms with Crippen LogP contribution >= 0.6 is 0 Å². The lowest BCUT2D eigenvalue weighted by Gasteiger charge is -2.19. The Labute approximate surface area is 147 Å². The second kappa shape index (κ2) is 6.98. The van der Waals surface area contributed by atoms with Crippen molar-refractivity contribution in [3.05, 3.63) is 71.8 Å². The van der Waals surface area contributed by atoms with Crippen molar-refractivity contribution in [2.24, 2.45) is 0 Å². The summed E-state index contributed by atoms with van der Waals surface area (Å²) in [4.78, 5) is 12.3. The Balaban J connectivity index is 1.42. The summed E-state index contributed by atoms with van der Waals surface area (Å²) in [7, 11) is 0. The molecule has 3 heteroatoms. The number of aryl methyl sites for hydroxylation is 1. The van der Waals surface area contributed by atoms with Crippen LogP contribution in [0.4, 0.5) is 5.69 Å². The van der Waals surface area contributed by atoms with Crippen LogP contribution in [0.1, 0.15) is 24.0 Å². The predicted molar refractivity (Wildman–Crippen MR) is 101 cm³/mol. The van der Waals surface area contributed by atoms with Gasteiger partial charge in [-0.3, -0.25) is 4.79 Å². The van der Waals surface area contributed by atoms with Gasteiger partial charge in [-0.2, -0.15) is 0 Å². The molecule has 0 aliphatic heterocycles. The van der Waals surface area contributed by atoms with Gasteiger partial charge in [0.25, 0.3) is 5.91 Å². The molecule has 1 aliphatic carbocycles. The highest BCUT2D eigenvalue weighted by atomic mass is 16.5. The molecular weight excluding hydrogens is 310 g/mol. The van der Waals surface area contributed by atoms with E-state index in [9.17, 15) is 4.79 Å². The number of hydrogen-bond donors (Lipinski definition) is 1. The molecule has 0 saturated carbocycles. The summed E-state index contributed by atoms with van der Waals surface area (Å²) >= 11 is 0. The Morgan fingerprint density at radius 2 is 1.76 bits per heavy atom. The Morgan fingerprint density at radius 1 is 0.920 bits per heavy atom. The molecule has 0 spiro atoms. The third-order valence-electron chi connectivity index (χ3n) is 4.76. The largest absolute Gasteiger partial charge is 0.484 e. The summed E-state index contributed by atoms with van der Waals surface area (Å²) in [6.45, 7) is 0.0159. The van der Waals surface area contributed by atoms with Crippen molar-refractivity contribution in [1.82, 2.24) is 0 Å². The van der Waals surface area contributed by atoms with Crippen LogP contribution in [0.5, 0.6) is 5.75 Å². The van der Waals surface area contributed by atoms with Crippen molar-refractivity contribution in [3.8, 4) is 5.75 Å². The molecule has 3 aromatic rings. The lowest BCUT2D eigenvalue weighted by Crippen LogP contribution is -2.21. The first-order valence-corrected chi connectivity index (χ1v) is 8.82. The molecule has 0 saturated heterocycles. The molecule has 1 N–H and O–H groups in total. The van der Waals surface area contributed by atoms with Gasteiger partial charge in [0.1, 0.15) is 5.75 Å². The van der Waals surface area contributed by atoms with E-state index < -0.39 is 0 Å². The van der Waals surface area contributed by atoms with Crippen LogP contribution in [0.25, 0.3) is 10.8 Å². The number of rotatable bonds is 4. The van der Waals surface area contributed by atoms with Gasteiger partial charge in [-0.15, -0.1) is 0 Å². The predicted octanol–water partition coefficient (Wildman–Crippen LogP) is 4.74. The zero-order valence-electron chi connectivity index (χ0n) is 14.1. The Bertz CT molecular complexity index is 917. The zero-order chi connectivity index (χ0) is 17.1. The van der Waals surface area contributed by atoms with Crippen molar-refractivity contribution < 1.29 is 9.53 Å². The van der Waals surface area contributed by atoms with Crippen molar-refractivity contribution in [1.29, 1.82) is 0 Å². The molecule has 0 heterocycles. The fourth-order valence-electron chi connectivity index (χ4n) is 3.49. The van der Waals surface area contributed by atoms with E-state index >= 15 is 0 Å². The Hall–Kier alpha value is -2.81. The smallest absolute Gasteiger partial charge is 0.262 e. The maximum atomic E-state index is 12.3. The number of carbonyl (C=O) groups is 1. The first kappa shape index (κ1) is 15.7. The van der Waals surface area contributed by atoms with Gasteiger partial charge in [0.15, 0.2) is 6.61 Å². The maximum Gasteiger partial charge on any atom is 0.262 e. The standard InChI is InChI=1S/C22H21NO2/c24-22(23-21-11-5-9-17-7-3-4-10-20(17)21)15-25-19-13-12-16-6-1-2-8-18(16)14-19/h1-2,5-6,8-9,11-14H,3-4,7,10,15H2,(H,23,24). The summed E-state index contributed by atoms with van der Waals surface area (Å²) < 4.78 is 5.68. The molecule has 0 atom stereocenters. The summed E-state index contributed by atoms with van der Waals surface area (Å²) in [5.74, 6) is 0.594. The van der Waals surface area contributed by atoms with Crippen molar-refractivity contribution >= 4 is 22.4 Å². The average Bonchev–Trinajstić information content (AvgIpc) is 2.66. The van der Waals surface area contributed by atoms with E-state index in [-0.39, 0.29) is 12.5 Å². The van der Waals surface area contributed by atoms with Gasteiger partial charge in [0.05, 0.1) is 0 Å². The monoisotopic (exact) mass is 331 g/mol. The average molecular weight is 331 g/mol. The van der Waals surface area contributed by atoms with Gasteiger partial charge in [-0.25, -0.2) is 0 Å². The highest BCUT2D eigenvalue weighted by Crippen LogP contribution is 2.28. The second-order valence-electron chi connectivity index (χ2n) is 6.50. The molecule has 0 aromatic heterocycles. The van der Waals surface area contributed by atoms with Crippen LogP contribution in [-0.4, -0.2) is 12.5 Å². The van der Waals surface area contributed by atoms with Gasteiger partial charge in [-0.05, 0) is 65.8 Å². The Morgan fingerprint density at radius 3 is 2.68 bits per heavy atom. The van der Waals surface area contributed by atoms with Crippen molar-refractivity contribution in [2.45, 2.75) is 25.7 Å². The molecule has 0 bridgehead atoms. The van der Waals surface area contributed by atoms with E-state index in [1.165, 1.54) is 24.0 Å². The molecule has 3 aromatic carbocycles. The number of amides is 1. The van der Waals surface area contributed by atoms with Crippen LogP contribution in [0.2, 0.25) is 0 Å². The molecule has 25 heavy (non-hydrogen) atoms. The van der Waals surface area contributed by atoms with E-state index in [0.29, 0.717) is 5.75 Å². The molecule has 0 fully saturated rings. The topological polar surface area (TPSA) is 38.3 Å². The molecular formula is C22H21NO2. The minimum absolute atomic E-state index is 0.0159. The van der Waals surface area contributed by atoms with Crippen LogP contribution in [-0.2, 0) is 17.6 Å². The van der Waals surface area contributed by atoms with Crippen LogP contribution in [0, 0.1) is 0 Å². The molecule has 126 valence electrons. The number of anilines is 1. The fourth-order valence-corrected chi connectivity index (χ4v) is 3.49. The van der Waals surface area contributed by atoms with E-state index in [4.69, 9.17) is 4.74 Å². The molecule has 4 rings (SSSR count). The number of benzene rings is 3. The van der Waals surface area contributed by atoms with E-state index in [1.807, 2.05) is 48.5 Å². The minimum Gasteiger partial charge on any atom is -0.484 e.